The van der Waals surface area contributed by atoms with Crippen molar-refractivity contribution in [2.45, 2.75) is 24.7 Å². The van der Waals surface area contributed by atoms with Gasteiger partial charge in [-0.05, 0) is 73.4 Å². The molecule has 0 aliphatic rings. The van der Waals surface area contributed by atoms with Gasteiger partial charge in [0.05, 0.1) is 30.1 Å². The summed E-state index contributed by atoms with van der Waals surface area (Å²) >= 11 is 0. The van der Waals surface area contributed by atoms with Crippen molar-refractivity contribution in [3.8, 4) is 16.9 Å². The Hall–Kier alpha value is -2.53. The van der Waals surface area contributed by atoms with Crippen LogP contribution in [0.5, 0.6) is 0 Å². The Labute approximate surface area is 200 Å². The Balaban J connectivity index is 1.81. The van der Waals surface area contributed by atoms with Crippen LogP contribution in [0.4, 0.5) is 4.39 Å². The minimum atomic E-state index is -3.45. The molecular weight excluding hydrogens is 481 g/mol. The van der Waals surface area contributed by atoms with Gasteiger partial charge < -0.3 is 9.30 Å². The van der Waals surface area contributed by atoms with Gasteiger partial charge in [0, 0.05) is 24.2 Å². The molecule has 0 N–H and O–H groups in total. The number of aromatic nitrogens is 1. The highest BCUT2D eigenvalue weighted by Gasteiger charge is 2.16. The van der Waals surface area contributed by atoms with Crippen LogP contribution >= 0.6 is 0 Å². The molecule has 1 aromatic heterocycles. The van der Waals surface area contributed by atoms with Crippen LogP contribution < -0.4 is 0 Å². The molecule has 0 saturated carbocycles. The monoisotopic (exact) mass is 509 g/mol. The highest BCUT2D eigenvalue weighted by Crippen LogP contribution is 2.30. The average Bonchev–Trinajstić information content (AvgIpc) is 3.08. The van der Waals surface area contributed by atoms with Crippen LogP contribution in [0.1, 0.15) is 17.7 Å². The van der Waals surface area contributed by atoms with Crippen molar-refractivity contribution in [1.29, 1.82) is 0 Å². The first-order valence-corrected chi connectivity index (χ1v) is 14.4. The molecule has 3 aromatic rings. The molecule has 3 rings (SSSR count). The smallest absolute Gasteiger partial charge is 0.264 e. The molecule has 0 spiro atoms. The van der Waals surface area contributed by atoms with E-state index >= 15 is 0 Å². The Morgan fingerprint density at radius 1 is 0.882 bits per heavy atom. The number of halogens is 1. The summed E-state index contributed by atoms with van der Waals surface area (Å²) in [7, 11) is -6.76. The van der Waals surface area contributed by atoms with E-state index in [4.69, 9.17) is 8.92 Å². The Bertz CT molecular complexity index is 1330. The van der Waals surface area contributed by atoms with Gasteiger partial charge in [0.25, 0.3) is 10.1 Å². The minimum absolute atomic E-state index is 0.0758. The molecule has 0 bridgehead atoms. The van der Waals surface area contributed by atoms with E-state index in [0.717, 1.165) is 34.5 Å². The SMILES string of the molecule is Cc1c(CCOCCCOS(C)(=O)=O)cc(-c2ccc(S(C)(=O)=O)cc2)n1-c1ccc(F)cc1. The van der Waals surface area contributed by atoms with Crippen LogP contribution in [0, 0.1) is 12.7 Å². The van der Waals surface area contributed by atoms with Gasteiger partial charge in [0.1, 0.15) is 5.82 Å². The second kappa shape index (κ2) is 10.8. The van der Waals surface area contributed by atoms with E-state index in [-0.39, 0.29) is 17.3 Å². The molecule has 0 amide bonds. The molecule has 0 fully saturated rings. The highest BCUT2D eigenvalue weighted by atomic mass is 32.2. The number of nitrogens with zero attached hydrogens (tertiary/aromatic N) is 1. The molecule has 0 aliphatic heterocycles. The molecule has 0 radical (unpaired) electrons. The van der Waals surface area contributed by atoms with Gasteiger partial charge in [-0.25, -0.2) is 12.8 Å². The van der Waals surface area contributed by atoms with Gasteiger partial charge in [-0.1, -0.05) is 12.1 Å². The maximum Gasteiger partial charge on any atom is 0.264 e. The summed E-state index contributed by atoms with van der Waals surface area (Å²) in [6, 6.07) is 14.9. The van der Waals surface area contributed by atoms with Crippen molar-refractivity contribution >= 4 is 20.0 Å². The van der Waals surface area contributed by atoms with E-state index in [9.17, 15) is 21.2 Å². The first-order chi connectivity index (χ1) is 16.0. The molecule has 10 heteroatoms. The zero-order valence-corrected chi connectivity index (χ0v) is 21.0. The molecule has 0 unspecified atom stereocenters. The van der Waals surface area contributed by atoms with E-state index in [0.29, 0.717) is 26.1 Å². The fourth-order valence-corrected chi connectivity index (χ4v) is 4.63. The lowest BCUT2D eigenvalue weighted by atomic mass is 10.1. The lowest BCUT2D eigenvalue weighted by Gasteiger charge is -2.13. The van der Waals surface area contributed by atoms with Gasteiger partial charge >= 0.3 is 0 Å². The Kier molecular flexibility index (Phi) is 8.29. The topological polar surface area (TPSA) is 91.7 Å². The summed E-state index contributed by atoms with van der Waals surface area (Å²) in [6.07, 6.45) is 3.25. The van der Waals surface area contributed by atoms with E-state index in [1.165, 1.54) is 18.4 Å². The fourth-order valence-electron chi connectivity index (χ4n) is 3.58. The molecule has 34 heavy (non-hydrogen) atoms. The molecule has 0 saturated heterocycles. The first kappa shape index (κ1) is 26.1. The third kappa shape index (κ3) is 6.99. The molecule has 184 valence electrons. The van der Waals surface area contributed by atoms with Gasteiger partial charge in [0.15, 0.2) is 9.84 Å². The normalized spacial score (nSPS) is 12.2. The van der Waals surface area contributed by atoms with Gasteiger partial charge in [-0.2, -0.15) is 8.42 Å². The largest absolute Gasteiger partial charge is 0.381 e. The van der Waals surface area contributed by atoms with Crippen LogP contribution in [0.15, 0.2) is 59.5 Å². The van der Waals surface area contributed by atoms with Crippen molar-refractivity contribution in [3.05, 3.63) is 71.7 Å². The van der Waals surface area contributed by atoms with Gasteiger partial charge in [0.2, 0.25) is 0 Å². The van der Waals surface area contributed by atoms with Crippen LogP contribution in [0.2, 0.25) is 0 Å². The number of hydrogen-bond donors (Lipinski definition) is 0. The average molecular weight is 510 g/mol. The van der Waals surface area contributed by atoms with Crippen molar-refractivity contribution in [1.82, 2.24) is 4.57 Å². The van der Waals surface area contributed by atoms with Crippen LogP contribution in [-0.4, -0.2) is 53.7 Å². The fraction of sp³-hybridized carbons (Fsp3) is 0.333. The van der Waals surface area contributed by atoms with Gasteiger partial charge in [-0.3, -0.25) is 4.18 Å². The summed E-state index contributed by atoms with van der Waals surface area (Å²) in [4.78, 5) is 0.237. The molecular formula is C24H28FNO6S2. The van der Waals surface area contributed by atoms with Crippen molar-refractivity contribution in [3.63, 3.8) is 0 Å². The first-order valence-electron chi connectivity index (χ1n) is 10.7. The van der Waals surface area contributed by atoms with E-state index in [1.54, 1.807) is 36.4 Å². The van der Waals surface area contributed by atoms with Gasteiger partial charge in [-0.15, -0.1) is 0 Å². The quantitative estimate of drug-likeness (QED) is 0.287. The van der Waals surface area contributed by atoms with Crippen molar-refractivity contribution < 1.29 is 30.1 Å². The molecule has 0 atom stereocenters. The minimum Gasteiger partial charge on any atom is -0.381 e. The number of hydrogen-bond acceptors (Lipinski definition) is 6. The summed E-state index contributed by atoms with van der Waals surface area (Å²) in [5.41, 5.74) is 4.44. The van der Waals surface area contributed by atoms with Crippen LogP contribution in [0.3, 0.4) is 0 Å². The van der Waals surface area contributed by atoms with E-state index < -0.39 is 20.0 Å². The number of ether oxygens (including phenoxy) is 1. The lowest BCUT2D eigenvalue weighted by Crippen LogP contribution is -2.08. The predicted molar refractivity (Wildman–Crippen MR) is 129 cm³/mol. The molecule has 7 nitrogen and oxygen atoms in total. The number of benzene rings is 2. The maximum absolute atomic E-state index is 13.5. The predicted octanol–water partition coefficient (Wildman–Crippen LogP) is 3.92. The number of sulfone groups is 1. The Morgan fingerprint density at radius 2 is 1.53 bits per heavy atom. The second-order valence-corrected chi connectivity index (χ2v) is 11.7. The third-order valence-corrected chi connectivity index (χ3v) is 6.98. The summed E-state index contributed by atoms with van der Waals surface area (Å²) in [5.74, 6) is -0.332. The standard InChI is InChI=1S/C24H28FNO6S2/c1-18-20(13-16-31-14-4-15-32-34(3,29)30)17-24(26(18)22-9-7-21(25)8-10-22)19-5-11-23(12-6-19)33(2,27)28/h5-12,17H,4,13-16H2,1-3H3. The van der Waals surface area contributed by atoms with E-state index in [2.05, 4.69) is 0 Å². The molecule has 1 heterocycles. The molecule has 0 aliphatic carbocycles. The lowest BCUT2D eigenvalue weighted by molar-refractivity contribution is 0.123. The summed E-state index contributed by atoms with van der Waals surface area (Å²) in [6.45, 7) is 2.84. The third-order valence-electron chi connectivity index (χ3n) is 5.26. The highest BCUT2D eigenvalue weighted by molar-refractivity contribution is 7.90. The Morgan fingerprint density at radius 3 is 2.12 bits per heavy atom. The van der Waals surface area contributed by atoms with Crippen LogP contribution in [0.25, 0.3) is 16.9 Å². The molecule has 2 aromatic carbocycles. The zero-order chi connectivity index (χ0) is 24.9. The summed E-state index contributed by atoms with van der Waals surface area (Å²) in [5, 5.41) is 0. The maximum atomic E-state index is 13.5. The number of rotatable bonds is 11. The van der Waals surface area contributed by atoms with Crippen molar-refractivity contribution in [2.24, 2.45) is 0 Å². The van der Waals surface area contributed by atoms with E-state index in [1.807, 2.05) is 17.6 Å². The second-order valence-electron chi connectivity index (χ2n) is 7.99. The van der Waals surface area contributed by atoms with Crippen molar-refractivity contribution in [2.75, 3.05) is 32.3 Å². The summed E-state index contributed by atoms with van der Waals surface area (Å²) < 4.78 is 71.5. The van der Waals surface area contributed by atoms with Crippen LogP contribution in [-0.2, 0) is 35.3 Å². The zero-order valence-electron chi connectivity index (χ0n) is 19.3.